The number of hydrogen-bond donors (Lipinski definition) is 1. The molecule has 1 fully saturated rings. The number of halogens is 1. The van der Waals surface area contributed by atoms with Crippen molar-refractivity contribution in [2.24, 2.45) is 5.92 Å². The van der Waals surface area contributed by atoms with Gasteiger partial charge in [0.2, 0.25) is 0 Å². The van der Waals surface area contributed by atoms with E-state index in [9.17, 15) is 9.18 Å². The normalized spacial score (nSPS) is 20.6. The molecule has 0 unspecified atom stereocenters. The highest BCUT2D eigenvalue weighted by Gasteiger charge is 2.32. The van der Waals surface area contributed by atoms with Crippen LogP contribution in [0.1, 0.15) is 35.5 Å². The first-order valence-corrected chi connectivity index (χ1v) is 7.71. The van der Waals surface area contributed by atoms with E-state index < -0.39 is 11.7 Å². The molecule has 2 atom stereocenters. The third-order valence-electron chi connectivity index (χ3n) is 4.10. The summed E-state index contributed by atoms with van der Waals surface area (Å²) in [7, 11) is 0. The molecule has 6 nitrogen and oxygen atoms in total. The largest absolute Gasteiger partial charge is 0.372 e. The molecule has 1 saturated heterocycles. The first-order chi connectivity index (χ1) is 11.2. The number of aryl methyl sites for hydroxylation is 1. The highest BCUT2D eigenvalue weighted by Crippen LogP contribution is 2.34. The third kappa shape index (κ3) is 3.24. The number of nitrogens with one attached hydrogen (secondary N) is 1. The highest BCUT2D eigenvalue weighted by atomic mass is 19.1. The van der Waals surface area contributed by atoms with E-state index in [1.165, 1.54) is 12.3 Å². The van der Waals surface area contributed by atoms with Crippen LogP contribution in [0.25, 0.3) is 0 Å². The summed E-state index contributed by atoms with van der Waals surface area (Å²) in [6, 6.07) is 3.32. The van der Waals surface area contributed by atoms with E-state index >= 15 is 0 Å². The Morgan fingerprint density at radius 2 is 2.35 bits per heavy atom. The average Bonchev–Trinajstić information content (AvgIpc) is 3.21. The zero-order chi connectivity index (χ0) is 16.2. The second kappa shape index (κ2) is 6.87. The summed E-state index contributed by atoms with van der Waals surface area (Å²) in [5, 5.41) is 7.06. The maximum absolute atomic E-state index is 13.6. The molecule has 122 valence electrons. The average molecular weight is 318 g/mol. The van der Waals surface area contributed by atoms with Crippen molar-refractivity contribution in [3.05, 3.63) is 47.8 Å². The van der Waals surface area contributed by atoms with Gasteiger partial charge in [0.25, 0.3) is 5.91 Å². The van der Waals surface area contributed by atoms with Crippen LogP contribution < -0.4 is 5.32 Å². The summed E-state index contributed by atoms with van der Waals surface area (Å²) in [6.07, 6.45) is 4.94. The second-order valence-electron chi connectivity index (χ2n) is 5.48. The Bertz CT molecular complexity index is 688. The molecule has 3 rings (SSSR count). The molecule has 23 heavy (non-hydrogen) atoms. The Labute approximate surface area is 133 Å². The second-order valence-corrected chi connectivity index (χ2v) is 5.48. The van der Waals surface area contributed by atoms with Gasteiger partial charge in [-0.1, -0.05) is 0 Å². The van der Waals surface area contributed by atoms with Gasteiger partial charge in [-0.3, -0.25) is 14.5 Å². The molecular formula is C16H19FN4O2. The molecule has 3 heterocycles. The number of carbonyl (C=O) groups excluding carboxylic acids is 1. The van der Waals surface area contributed by atoms with Gasteiger partial charge in [-0.2, -0.15) is 5.10 Å². The molecule has 0 bridgehead atoms. The topological polar surface area (TPSA) is 69.0 Å². The van der Waals surface area contributed by atoms with Gasteiger partial charge in [0, 0.05) is 38.0 Å². The fourth-order valence-corrected chi connectivity index (χ4v) is 2.90. The van der Waals surface area contributed by atoms with Crippen LogP contribution in [0.15, 0.2) is 30.7 Å². The standard InChI is InChI=1S/C16H19FN4O2/c1-2-21-14(4-7-20-21)15-11(5-8-23-15)9-19-16(22)12-3-6-18-10-13(12)17/h3-4,6-7,10-11,15H,2,5,8-9H2,1H3,(H,19,22)/t11-,15+/m0/s1. The van der Waals surface area contributed by atoms with E-state index in [1.807, 2.05) is 17.7 Å². The zero-order valence-electron chi connectivity index (χ0n) is 12.9. The molecule has 7 heteroatoms. The monoisotopic (exact) mass is 318 g/mol. The van der Waals surface area contributed by atoms with Gasteiger partial charge in [-0.15, -0.1) is 0 Å². The summed E-state index contributed by atoms with van der Waals surface area (Å²) < 4.78 is 21.3. The Kier molecular flexibility index (Phi) is 4.66. The smallest absolute Gasteiger partial charge is 0.254 e. The van der Waals surface area contributed by atoms with Crippen molar-refractivity contribution in [1.82, 2.24) is 20.1 Å². The number of carbonyl (C=O) groups is 1. The Hall–Kier alpha value is -2.28. The van der Waals surface area contributed by atoms with Gasteiger partial charge in [-0.05, 0) is 25.5 Å². The third-order valence-corrected chi connectivity index (χ3v) is 4.10. The van der Waals surface area contributed by atoms with Crippen molar-refractivity contribution >= 4 is 5.91 Å². The number of nitrogens with zero attached hydrogens (tertiary/aromatic N) is 3. The van der Waals surface area contributed by atoms with Crippen LogP contribution >= 0.6 is 0 Å². The first-order valence-electron chi connectivity index (χ1n) is 7.71. The van der Waals surface area contributed by atoms with Crippen LogP contribution in [0.5, 0.6) is 0 Å². The molecule has 0 saturated carbocycles. The Balaban J connectivity index is 1.66. The fraction of sp³-hybridized carbons (Fsp3) is 0.438. The zero-order valence-corrected chi connectivity index (χ0v) is 12.9. The van der Waals surface area contributed by atoms with Crippen molar-refractivity contribution in [3.8, 4) is 0 Å². The molecule has 0 spiro atoms. The van der Waals surface area contributed by atoms with E-state index in [4.69, 9.17) is 4.74 Å². The van der Waals surface area contributed by atoms with E-state index in [0.29, 0.717) is 13.2 Å². The lowest BCUT2D eigenvalue weighted by Gasteiger charge is -2.20. The maximum atomic E-state index is 13.6. The van der Waals surface area contributed by atoms with Crippen LogP contribution in [-0.4, -0.2) is 33.8 Å². The minimum Gasteiger partial charge on any atom is -0.372 e. The summed E-state index contributed by atoms with van der Waals surface area (Å²) in [6.45, 7) is 3.86. The molecule has 0 aliphatic carbocycles. The lowest BCUT2D eigenvalue weighted by molar-refractivity contribution is 0.0794. The predicted octanol–water partition coefficient (Wildman–Crippen LogP) is 1.94. The first kappa shape index (κ1) is 15.6. The van der Waals surface area contributed by atoms with Crippen molar-refractivity contribution in [2.75, 3.05) is 13.2 Å². The number of rotatable bonds is 5. The number of hydrogen-bond acceptors (Lipinski definition) is 4. The lowest BCUT2D eigenvalue weighted by Crippen LogP contribution is -2.31. The molecule has 0 radical (unpaired) electrons. The van der Waals surface area contributed by atoms with Gasteiger partial charge in [-0.25, -0.2) is 4.39 Å². The summed E-state index contributed by atoms with van der Waals surface area (Å²) in [4.78, 5) is 15.7. The van der Waals surface area contributed by atoms with Gasteiger partial charge in [0.1, 0.15) is 6.10 Å². The van der Waals surface area contributed by atoms with Crippen LogP contribution in [0, 0.1) is 11.7 Å². The summed E-state index contributed by atoms with van der Waals surface area (Å²) >= 11 is 0. The van der Waals surface area contributed by atoms with Crippen LogP contribution in [0.4, 0.5) is 4.39 Å². The molecule has 2 aromatic heterocycles. The lowest BCUT2D eigenvalue weighted by atomic mass is 9.98. The van der Waals surface area contributed by atoms with Crippen molar-refractivity contribution in [3.63, 3.8) is 0 Å². The van der Waals surface area contributed by atoms with Gasteiger partial charge < -0.3 is 10.1 Å². The Morgan fingerprint density at radius 3 is 3.13 bits per heavy atom. The van der Waals surface area contributed by atoms with E-state index in [-0.39, 0.29) is 17.6 Å². The molecule has 1 aliphatic rings. The Morgan fingerprint density at radius 1 is 1.48 bits per heavy atom. The molecule has 2 aromatic rings. The van der Waals surface area contributed by atoms with Gasteiger partial charge in [0.15, 0.2) is 5.82 Å². The molecular weight excluding hydrogens is 299 g/mol. The van der Waals surface area contributed by atoms with E-state index in [0.717, 1.165) is 24.9 Å². The number of pyridine rings is 1. The number of aromatic nitrogens is 3. The SMILES string of the molecule is CCn1nccc1[C@@H]1OCC[C@H]1CNC(=O)c1ccncc1F. The minimum atomic E-state index is -0.617. The van der Waals surface area contributed by atoms with Gasteiger partial charge in [0.05, 0.1) is 17.5 Å². The van der Waals surface area contributed by atoms with Crippen molar-refractivity contribution in [2.45, 2.75) is 26.0 Å². The quantitative estimate of drug-likeness (QED) is 0.915. The summed E-state index contributed by atoms with van der Waals surface area (Å²) in [5.41, 5.74) is 1.02. The van der Waals surface area contributed by atoms with Crippen molar-refractivity contribution < 1.29 is 13.9 Å². The van der Waals surface area contributed by atoms with Crippen molar-refractivity contribution in [1.29, 1.82) is 0 Å². The number of ether oxygens (including phenoxy) is 1. The van der Waals surface area contributed by atoms with Crippen LogP contribution in [0.2, 0.25) is 0 Å². The van der Waals surface area contributed by atoms with Crippen LogP contribution in [-0.2, 0) is 11.3 Å². The highest BCUT2D eigenvalue weighted by molar-refractivity contribution is 5.94. The number of amides is 1. The van der Waals surface area contributed by atoms with E-state index in [2.05, 4.69) is 15.4 Å². The molecule has 0 aromatic carbocycles. The summed E-state index contributed by atoms with van der Waals surface area (Å²) in [5.74, 6) is -0.904. The fourth-order valence-electron chi connectivity index (χ4n) is 2.90. The van der Waals surface area contributed by atoms with E-state index in [1.54, 1.807) is 6.20 Å². The van der Waals surface area contributed by atoms with Crippen LogP contribution in [0.3, 0.4) is 0 Å². The molecule has 1 amide bonds. The molecule has 1 aliphatic heterocycles. The minimum absolute atomic E-state index is 0.00839. The molecule has 1 N–H and O–H groups in total. The van der Waals surface area contributed by atoms with Gasteiger partial charge >= 0.3 is 0 Å². The maximum Gasteiger partial charge on any atom is 0.254 e. The predicted molar refractivity (Wildman–Crippen MR) is 81.2 cm³/mol.